The Morgan fingerprint density at radius 1 is 1.25 bits per heavy atom. The maximum Gasteiger partial charge on any atom is 0.225 e. The molecule has 3 heterocycles. The predicted octanol–water partition coefficient (Wildman–Crippen LogP) is 3.98. The van der Waals surface area contributed by atoms with Crippen molar-refractivity contribution >= 4 is 39.3 Å². The summed E-state index contributed by atoms with van der Waals surface area (Å²) in [5.41, 5.74) is 0. The lowest BCUT2D eigenvalue weighted by Crippen LogP contribution is -2.02. The first-order chi connectivity index (χ1) is 9.76. The zero-order chi connectivity index (χ0) is 13.9. The molecule has 102 valence electrons. The van der Waals surface area contributed by atoms with Crippen molar-refractivity contribution in [3.8, 4) is 0 Å². The van der Waals surface area contributed by atoms with E-state index in [1.165, 1.54) is 4.88 Å². The van der Waals surface area contributed by atoms with Crippen LogP contribution in [0.1, 0.15) is 11.8 Å². The molecule has 3 rings (SSSR count). The van der Waals surface area contributed by atoms with E-state index in [0.717, 1.165) is 26.7 Å². The fourth-order valence-electron chi connectivity index (χ4n) is 1.85. The second-order valence-corrected chi connectivity index (χ2v) is 6.54. The quantitative estimate of drug-likeness (QED) is 0.739. The van der Waals surface area contributed by atoms with Gasteiger partial charge in [-0.05, 0) is 32.0 Å². The lowest BCUT2D eigenvalue weighted by Gasteiger charge is -2.06. The van der Waals surface area contributed by atoms with Gasteiger partial charge in [0, 0.05) is 34.1 Å². The summed E-state index contributed by atoms with van der Waals surface area (Å²) in [6.07, 6.45) is 3.59. The molecule has 3 aromatic rings. The van der Waals surface area contributed by atoms with Gasteiger partial charge in [-0.1, -0.05) is 11.8 Å². The van der Waals surface area contributed by atoms with Crippen LogP contribution in [0.5, 0.6) is 0 Å². The molecule has 4 nitrogen and oxygen atoms in total. The Bertz CT molecular complexity index is 725. The van der Waals surface area contributed by atoms with E-state index in [9.17, 15) is 0 Å². The van der Waals surface area contributed by atoms with Crippen LogP contribution in [0.3, 0.4) is 0 Å². The van der Waals surface area contributed by atoms with Crippen molar-refractivity contribution in [2.24, 2.45) is 0 Å². The zero-order valence-electron chi connectivity index (χ0n) is 11.3. The standard InChI is InChI=1S/C14H14N4S2/c1-3-16-14-17-12-11(8-9(2)19-12)13(18-14)20-10-4-6-15-7-5-10/h4-8H,3H2,1-2H3,(H,16,17,18). The van der Waals surface area contributed by atoms with Crippen LogP contribution in [0.15, 0.2) is 40.5 Å². The van der Waals surface area contributed by atoms with Gasteiger partial charge in [0.25, 0.3) is 0 Å². The molecule has 0 atom stereocenters. The monoisotopic (exact) mass is 302 g/mol. The molecule has 20 heavy (non-hydrogen) atoms. The summed E-state index contributed by atoms with van der Waals surface area (Å²) in [5, 5.41) is 5.30. The lowest BCUT2D eigenvalue weighted by molar-refractivity contribution is 1.05. The van der Waals surface area contributed by atoms with E-state index in [2.05, 4.69) is 33.3 Å². The highest BCUT2D eigenvalue weighted by molar-refractivity contribution is 7.99. The van der Waals surface area contributed by atoms with Gasteiger partial charge in [-0.15, -0.1) is 11.3 Å². The maximum absolute atomic E-state index is 4.63. The molecule has 0 spiro atoms. The van der Waals surface area contributed by atoms with Crippen LogP contribution in [0.25, 0.3) is 10.2 Å². The first-order valence-corrected chi connectivity index (χ1v) is 7.99. The number of hydrogen-bond donors (Lipinski definition) is 1. The molecular formula is C14H14N4S2. The van der Waals surface area contributed by atoms with Crippen molar-refractivity contribution in [2.45, 2.75) is 23.8 Å². The Labute approximate surface area is 125 Å². The van der Waals surface area contributed by atoms with Gasteiger partial charge in [-0.2, -0.15) is 0 Å². The van der Waals surface area contributed by atoms with E-state index in [1.54, 1.807) is 35.5 Å². The third-order valence-corrected chi connectivity index (χ3v) is 4.64. The Kier molecular flexibility index (Phi) is 3.84. The molecule has 3 aromatic heterocycles. The summed E-state index contributed by atoms with van der Waals surface area (Å²) < 4.78 is 0. The number of fused-ring (bicyclic) bond motifs is 1. The van der Waals surface area contributed by atoms with E-state index in [-0.39, 0.29) is 0 Å². The largest absolute Gasteiger partial charge is 0.354 e. The van der Waals surface area contributed by atoms with Crippen LogP contribution in [-0.2, 0) is 0 Å². The molecule has 0 fully saturated rings. The van der Waals surface area contributed by atoms with Gasteiger partial charge < -0.3 is 5.32 Å². The van der Waals surface area contributed by atoms with Crippen molar-refractivity contribution < 1.29 is 0 Å². The molecule has 0 aliphatic heterocycles. The molecule has 0 aliphatic rings. The number of rotatable bonds is 4. The second kappa shape index (κ2) is 5.76. The fourth-order valence-corrected chi connectivity index (χ4v) is 3.67. The van der Waals surface area contributed by atoms with Crippen LogP contribution in [0.4, 0.5) is 5.95 Å². The van der Waals surface area contributed by atoms with Gasteiger partial charge in [-0.3, -0.25) is 4.98 Å². The molecule has 0 aromatic carbocycles. The van der Waals surface area contributed by atoms with Gasteiger partial charge in [-0.25, -0.2) is 9.97 Å². The summed E-state index contributed by atoms with van der Waals surface area (Å²) in [6.45, 7) is 4.96. The minimum atomic E-state index is 0.693. The molecule has 6 heteroatoms. The smallest absolute Gasteiger partial charge is 0.225 e. The maximum atomic E-state index is 4.63. The minimum Gasteiger partial charge on any atom is -0.354 e. The Morgan fingerprint density at radius 3 is 2.80 bits per heavy atom. The number of thiophene rings is 1. The van der Waals surface area contributed by atoms with Crippen LogP contribution >= 0.6 is 23.1 Å². The van der Waals surface area contributed by atoms with Crippen LogP contribution in [0, 0.1) is 6.92 Å². The number of hydrogen-bond acceptors (Lipinski definition) is 6. The van der Waals surface area contributed by atoms with Gasteiger partial charge in [0.1, 0.15) is 9.86 Å². The van der Waals surface area contributed by atoms with E-state index in [4.69, 9.17) is 0 Å². The average molecular weight is 302 g/mol. The van der Waals surface area contributed by atoms with Crippen molar-refractivity contribution in [1.29, 1.82) is 0 Å². The van der Waals surface area contributed by atoms with Crippen molar-refractivity contribution in [3.05, 3.63) is 35.5 Å². The van der Waals surface area contributed by atoms with Crippen molar-refractivity contribution in [3.63, 3.8) is 0 Å². The number of aryl methyl sites for hydroxylation is 1. The number of pyridine rings is 1. The number of aromatic nitrogens is 3. The van der Waals surface area contributed by atoms with E-state index < -0.39 is 0 Å². The number of nitrogens with one attached hydrogen (secondary N) is 1. The van der Waals surface area contributed by atoms with E-state index >= 15 is 0 Å². The predicted molar refractivity (Wildman–Crippen MR) is 84.7 cm³/mol. The molecule has 0 amide bonds. The zero-order valence-corrected chi connectivity index (χ0v) is 12.9. The molecule has 0 saturated heterocycles. The fraction of sp³-hybridized carbons (Fsp3) is 0.214. The van der Waals surface area contributed by atoms with Gasteiger partial charge in [0.2, 0.25) is 5.95 Å². The number of nitrogens with zero attached hydrogens (tertiary/aromatic N) is 3. The first kappa shape index (κ1) is 13.3. The van der Waals surface area contributed by atoms with Gasteiger partial charge in [0.05, 0.1) is 0 Å². The number of anilines is 1. The third-order valence-electron chi connectivity index (χ3n) is 2.68. The molecule has 0 bridgehead atoms. The highest BCUT2D eigenvalue weighted by Gasteiger charge is 2.11. The molecule has 1 N–H and O–H groups in total. The van der Waals surface area contributed by atoms with Crippen LogP contribution < -0.4 is 5.32 Å². The Balaban J connectivity index is 2.07. The highest BCUT2D eigenvalue weighted by Crippen LogP contribution is 2.35. The summed E-state index contributed by atoms with van der Waals surface area (Å²) in [7, 11) is 0. The summed E-state index contributed by atoms with van der Waals surface area (Å²) in [5.74, 6) is 0.693. The van der Waals surface area contributed by atoms with Crippen LogP contribution in [0.2, 0.25) is 0 Å². The minimum absolute atomic E-state index is 0.693. The highest BCUT2D eigenvalue weighted by atomic mass is 32.2. The SMILES string of the molecule is CCNc1nc(Sc2ccncc2)c2cc(C)sc2n1. The van der Waals surface area contributed by atoms with Gasteiger partial charge in [0.15, 0.2) is 0 Å². The summed E-state index contributed by atoms with van der Waals surface area (Å²) >= 11 is 3.35. The average Bonchev–Trinajstić information content (AvgIpc) is 2.81. The van der Waals surface area contributed by atoms with E-state index in [1.807, 2.05) is 19.1 Å². The summed E-state index contributed by atoms with van der Waals surface area (Å²) in [4.78, 5) is 16.6. The Morgan fingerprint density at radius 2 is 2.05 bits per heavy atom. The summed E-state index contributed by atoms with van der Waals surface area (Å²) in [6, 6.07) is 6.13. The third kappa shape index (κ3) is 2.76. The second-order valence-electron chi connectivity index (χ2n) is 4.24. The lowest BCUT2D eigenvalue weighted by atomic mass is 10.4. The molecule has 0 radical (unpaired) electrons. The van der Waals surface area contributed by atoms with Crippen LogP contribution in [-0.4, -0.2) is 21.5 Å². The molecule has 0 saturated carbocycles. The normalized spacial score (nSPS) is 10.9. The van der Waals surface area contributed by atoms with Crippen molar-refractivity contribution in [2.75, 3.05) is 11.9 Å². The Hall–Kier alpha value is -1.66. The van der Waals surface area contributed by atoms with Gasteiger partial charge >= 0.3 is 0 Å². The molecule has 0 unspecified atom stereocenters. The topological polar surface area (TPSA) is 50.7 Å². The van der Waals surface area contributed by atoms with E-state index in [0.29, 0.717) is 5.95 Å². The molecular weight excluding hydrogens is 288 g/mol. The molecule has 0 aliphatic carbocycles. The first-order valence-electron chi connectivity index (χ1n) is 6.36. The van der Waals surface area contributed by atoms with Crippen molar-refractivity contribution in [1.82, 2.24) is 15.0 Å².